The third-order valence-electron chi connectivity index (χ3n) is 4.67. The van der Waals surface area contributed by atoms with Crippen LogP contribution in [0.25, 0.3) is 0 Å². The highest BCUT2D eigenvalue weighted by Crippen LogP contribution is 2.51. The average molecular weight is 362 g/mol. The number of hydrogen-bond acceptors (Lipinski definition) is 5. The number of esters is 1. The van der Waals surface area contributed by atoms with Crippen LogP contribution in [0.15, 0.2) is 30.3 Å². The smallest absolute Gasteiger partial charge is 0.330 e. The number of ether oxygens (including phenoxy) is 1. The van der Waals surface area contributed by atoms with E-state index < -0.39 is 22.8 Å². The minimum Gasteiger partial charge on any atom is -0.467 e. The molecular formula is C18H22N2O4S. The fourth-order valence-corrected chi connectivity index (χ4v) is 5.01. The zero-order valence-corrected chi connectivity index (χ0v) is 15.3. The summed E-state index contributed by atoms with van der Waals surface area (Å²) < 4.78 is 4.39. The zero-order valence-electron chi connectivity index (χ0n) is 14.5. The molecule has 3 unspecified atom stereocenters. The number of β-lactam (4-membered cyclic amide) rings is 1. The van der Waals surface area contributed by atoms with E-state index in [2.05, 4.69) is 5.32 Å². The van der Waals surface area contributed by atoms with Crippen molar-refractivity contribution in [2.75, 3.05) is 7.11 Å². The van der Waals surface area contributed by atoms with E-state index in [1.165, 1.54) is 18.9 Å². The van der Waals surface area contributed by atoms with Gasteiger partial charge in [-0.1, -0.05) is 30.3 Å². The number of methoxy groups -OCH3 is 1. The van der Waals surface area contributed by atoms with E-state index in [0.29, 0.717) is 12.8 Å². The number of thioether (sulfide) groups is 1. The average Bonchev–Trinajstić information content (AvgIpc) is 2.86. The molecule has 6 nitrogen and oxygen atoms in total. The van der Waals surface area contributed by atoms with Crippen LogP contribution in [0.4, 0.5) is 0 Å². The van der Waals surface area contributed by atoms with E-state index in [0.717, 1.165) is 5.56 Å². The zero-order chi connectivity index (χ0) is 18.2. The summed E-state index contributed by atoms with van der Waals surface area (Å²) in [6.45, 7) is 3.83. The van der Waals surface area contributed by atoms with Crippen LogP contribution in [0, 0.1) is 0 Å². The molecular weight excluding hydrogens is 340 g/mol. The van der Waals surface area contributed by atoms with E-state index in [-0.39, 0.29) is 17.2 Å². The quantitative estimate of drug-likeness (QED) is 0.632. The van der Waals surface area contributed by atoms with Gasteiger partial charge in [-0.3, -0.25) is 9.59 Å². The van der Waals surface area contributed by atoms with Gasteiger partial charge >= 0.3 is 5.97 Å². The lowest BCUT2D eigenvalue weighted by Gasteiger charge is -2.43. The number of amides is 2. The lowest BCUT2D eigenvalue weighted by Crippen LogP contribution is -2.70. The minimum atomic E-state index is -0.613. The first kappa shape index (κ1) is 17.8. The van der Waals surface area contributed by atoms with Crippen LogP contribution in [0.5, 0.6) is 0 Å². The van der Waals surface area contributed by atoms with Crippen molar-refractivity contribution in [3.05, 3.63) is 35.9 Å². The Kier molecular flexibility index (Phi) is 4.77. The molecule has 1 N–H and O–H groups in total. The second-order valence-electron chi connectivity index (χ2n) is 6.81. The van der Waals surface area contributed by atoms with Crippen molar-refractivity contribution < 1.29 is 19.1 Å². The molecule has 2 aliphatic heterocycles. The molecule has 0 spiro atoms. The van der Waals surface area contributed by atoms with Crippen molar-refractivity contribution in [1.82, 2.24) is 10.2 Å². The van der Waals surface area contributed by atoms with Gasteiger partial charge in [0.05, 0.1) is 7.11 Å². The molecule has 2 amide bonds. The van der Waals surface area contributed by atoms with Crippen LogP contribution in [-0.2, 0) is 25.5 Å². The highest BCUT2D eigenvalue weighted by Gasteiger charge is 2.64. The predicted octanol–water partition coefficient (Wildman–Crippen LogP) is 1.34. The number of carbonyl (C=O) groups is 3. The lowest BCUT2D eigenvalue weighted by atomic mass is 9.96. The van der Waals surface area contributed by atoms with Gasteiger partial charge in [-0.15, -0.1) is 11.8 Å². The molecule has 0 bridgehead atoms. The first-order chi connectivity index (χ1) is 11.8. The molecule has 134 valence electrons. The summed E-state index contributed by atoms with van der Waals surface area (Å²) in [6.07, 6.45) is 0.959. The van der Waals surface area contributed by atoms with Gasteiger partial charge in [0.1, 0.15) is 17.5 Å². The first-order valence-electron chi connectivity index (χ1n) is 8.26. The molecule has 1 aromatic carbocycles. The van der Waals surface area contributed by atoms with Crippen molar-refractivity contribution in [1.29, 1.82) is 0 Å². The van der Waals surface area contributed by atoms with Crippen molar-refractivity contribution in [3.63, 3.8) is 0 Å². The van der Waals surface area contributed by atoms with Crippen LogP contribution in [0.3, 0.4) is 0 Å². The number of aryl methyl sites for hydroxylation is 1. The molecule has 0 saturated carbocycles. The molecule has 25 heavy (non-hydrogen) atoms. The molecule has 7 heteroatoms. The summed E-state index contributed by atoms with van der Waals surface area (Å²) >= 11 is 1.53. The van der Waals surface area contributed by atoms with E-state index in [1.54, 1.807) is 4.90 Å². The second-order valence-corrected chi connectivity index (χ2v) is 8.58. The number of rotatable bonds is 5. The van der Waals surface area contributed by atoms with Crippen LogP contribution in [0.2, 0.25) is 0 Å². The monoisotopic (exact) mass is 362 g/mol. The van der Waals surface area contributed by atoms with Crippen molar-refractivity contribution in [2.24, 2.45) is 0 Å². The number of fused-ring (bicyclic) bond motifs is 1. The largest absolute Gasteiger partial charge is 0.467 e. The van der Waals surface area contributed by atoms with Gasteiger partial charge in [-0.05, 0) is 25.8 Å². The Morgan fingerprint density at radius 2 is 1.96 bits per heavy atom. The fourth-order valence-electron chi connectivity index (χ4n) is 3.39. The number of hydrogen-bond donors (Lipinski definition) is 1. The van der Waals surface area contributed by atoms with Gasteiger partial charge < -0.3 is 15.0 Å². The summed E-state index contributed by atoms with van der Waals surface area (Å²) in [5.41, 5.74) is 1.08. The molecule has 2 aliphatic rings. The Morgan fingerprint density at radius 3 is 2.60 bits per heavy atom. The lowest BCUT2D eigenvalue weighted by molar-refractivity contribution is -0.162. The Bertz CT molecular complexity index is 692. The Hall–Kier alpha value is -2.02. The molecule has 3 rings (SSSR count). The van der Waals surface area contributed by atoms with Crippen molar-refractivity contribution >= 4 is 29.5 Å². The van der Waals surface area contributed by atoms with Crippen LogP contribution in [0.1, 0.15) is 25.8 Å². The molecule has 2 fully saturated rings. The second kappa shape index (κ2) is 6.71. The molecule has 1 aromatic rings. The molecule has 2 saturated heterocycles. The maximum absolute atomic E-state index is 12.5. The number of nitrogens with zero attached hydrogens (tertiary/aromatic N) is 1. The predicted molar refractivity (Wildman–Crippen MR) is 94.8 cm³/mol. The summed E-state index contributed by atoms with van der Waals surface area (Å²) in [5, 5.41) is 2.60. The van der Waals surface area contributed by atoms with Gasteiger partial charge in [-0.25, -0.2) is 4.79 Å². The molecule has 0 aliphatic carbocycles. The summed E-state index contributed by atoms with van der Waals surface area (Å²) in [5.74, 6) is -0.782. The van der Waals surface area contributed by atoms with Crippen molar-refractivity contribution in [3.8, 4) is 0 Å². The number of nitrogens with one attached hydrogen (secondary N) is 1. The minimum absolute atomic E-state index is 0.151. The van der Waals surface area contributed by atoms with E-state index in [9.17, 15) is 14.4 Å². The summed E-state index contributed by atoms with van der Waals surface area (Å²) in [4.78, 5) is 38.2. The Balaban J connectivity index is 1.59. The van der Waals surface area contributed by atoms with Gasteiger partial charge in [-0.2, -0.15) is 0 Å². The maximum Gasteiger partial charge on any atom is 0.330 e. The van der Waals surface area contributed by atoms with Gasteiger partial charge in [0.25, 0.3) is 0 Å². The first-order valence-corrected chi connectivity index (χ1v) is 9.14. The standard InChI is InChI=1S/C18H22N2O4S/c1-18(2)14(17(23)24-3)20-15(22)13(16(20)25-18)19-12(21)10-9-11-7-5-4-6-8-11/h4-8,13-14,16H,9-10H2,1-3H3,(H,19,21). The topological polar surface area (TPSA) is 75.7 Å². The van der Waals surface area contributed by atoms with Crippen LogP contribution >= 0.6 is 11.8 Å². The Morgan fingerprint density at radius 1 is 1.28 bits per heavy atom. The third kappa shape index (κ3) is 3.25. The third-order valence-corrected chi connectivity index (χ3v) is 6.24. The molecule has 2 heterocycles. The SMILES string of the molecule is COC(=O)C1N2C(=O)C(NC(=O)CCc3ccccc3)C2SC1(C)C. The highest BCUT2D eigenvalue weighted by molar-refractivity contribution is 8.01. The van der Waals surface area contributed by atoms with E-state index in [1.807, 2.05) is 44.2 Å². The normalized spacial score (nSPS) is 26.6. The van der Waals surface area contributed by atoms with E-state index >= 15 is 0 Å². The number of carbonyl (C=O) groups excluding carboxylic acids is 3. The van der Waals surface area contributed by atoms with E-state index in [4.69, 9.17) is 4.74 Å². The maximum atomic E-state index is 12.5. The Labute approximate surface area is 151 Å². The van der Waals surface area contributed by atoms with Gasteiger partial charge in [0.2, 0.25) is 11.8 Å². The van der Waals surface area contributed by atoms with Crippen LogP contribution < -0.4 is 5.32 Å². The van der Waals surface area contributed by atoms with Gasteiger partial charge in [0, 0.05) is 11.2 Å². The molecule has 0 radical (unpaired) electrons. The van der Waals surface area contributed by atoms with Gasteiger partial charge in [0.15, 0.2) is 0 Å². The summed E-state index contributed by atoms with van der Waals surface area (Å²) in [7, 11) is 1.32. The molecule has 3 atom stereocenters. The fraction of sp³-hybridized carbons (Fsp3) is 0.500. The number of benzene rings is 1. The van der Waals surface area contributed by atoms with Crippen LogP contribution in [-0.4, -0.2) is 52.0 Å². The van der Waals surface area contributed by atoms with Crippen molar-refractivity contribution in [2.45, 2.75) is 48.9 Å². The highest BCUT2D eigenvalue weighted by atomic mass is 32.2. The molecule has 0 aromatic heterocycles. The summed E-state index contributed by atoms with van der Waals surface area (Å²) in [6, 6.07) is 8.57.